The predicted molar refractivity (Wildman–Crippen MR) is 67.5 cm³/mol. The molecule has 96 valence electrons. The number of cyclic esters (lactones) is 1. The first-order chi connectivity index (χ1) is 8.58. The molecule has 0 unspecified atom stereocenters. The molecule has 2 rings (SSSR count). The first kappa shape index (κ1) is 12.4. The molecular formula is C13H16N2O3. The molecule has 0 radical (unpaired) electrons. The number of ether oxygens (including phenoxy) is 1. The summed E-state index contributed by atoms with van der Waals surface area (Å²) in [4.78, 5) is 24.5. The standard InChI is InChI=1S/C13H16N2O3/c1-9-4-3-5-10(2)12(9)14-11(16)8-15-6-7-18-13(15)17/h3-5H,6-8H2,1-2H3,(H,14,16). The number of aryl methyl sites for hydroxylation is 2. The van der Waals surface area contributed by atoms with Crippen LogP contribution in [-0.2, 0) is 9.53 Å². The number of amides is 2. The van der Waals surface area contributed by atoms with Crippen LogP contribution in [0.15, 0.2) is 18.2 Å². The zero-order chi connectivity index (χ0) is 13.1. The fraction of sp³-hybridized carbons (Fsp3) is 0.385. The van der Waals surface area contributed by atoms with Crippen LogP contribution in [0.2, 0.25) is 0 Å². The number of nitrogens with zero attached hydrogens (tertiary/aromatic N) is 1. The normalized spacial score (nSPS) is 14.6. The van der Waals surface area contributed by atoms with E-state index < -0.39 is 6.09 Å². The maximum absolute atomic E-state index is 11.9. The summed E-state index contributed by atoms with van der Waals surface area (Å²) < 4.78 is 4.77. The van der Waals surface area contributed by atoms with Crippen molar-refractivity contribution < 1.29 is 14.3 Å². The summed E-state index contributed by atoms with van der Waals surface area (Å²) in [7, 11) is 0. The van der Waals surface area contributed by atoms with E-state index in [0.29, 0.717) is 13.2 Å². The molecule has 1 aromatic rings. The average Bonchev–Trinajstić information content (AvgIpc) is 2.70. The van der Waals surface area contributed by atoms with Crippen LogP contribution in [0.5, 0.6) is 0 Å². The van der Waals surface area contributed by atoms with Gasteiger partial charge in [0.25, 0.3) is 0 Å². The molecule has 5 heteroatoms. The van der Waals surface area contributed by atoms with Gasteiger partial charge in [0, 0.05) is 5.69 Å². The SMILES string of the molecule is Cc1cccc(C)c1NC(=O)CN1CCOC1=O. The summed E-state index contributed by atoms with van der Waals surface area (Å²) in [5.41, 5.74) is 2.83. The lowest BCUT2D eigenvalue weighted by Crippen LogP contribution is -2.34. The van der Waals surface area contributed by atoms with Gasteiger partial charge in [0.2, 0.25) is 5.91 Å². The third-order valence-electron chi connectivity index (χ3n) is 2.92. The summed E-state index contributed by atoms with van der Waals surface area (Å²) in [6.45, 7) is 4.74. The highest BCUT2D eigenvalue weighted by atomic mass is 16.6. The van der Waals surface area contributed by atoms with Crippen molar-refractivity contribution in [1.29, 1.82) is 0 Å². The van der Waals surface area contributed by atoms with E-state index >= 15 is 0 Å². The Morgan fingerprint density at radius 1 is 1.39 bits per heavy atom. The van der Waals surface area contributed by atoms with Crippen LogP contribution >= 0.6 is 0 Å². The zero-order valence-electron chi connectivity index (χ0n) is 10.5. The molecule has 1 aromatic carbocycles. The molecule has 5 nitrogen and oxygen atoms in total. The molecule has 18 heavy (non-hydrogen) atoms. The summed E-state index contributed by atoms with van der Waals surface area (Å²) in [6, 6.07) is 5.82. The van der Waals surface area contributed by atoms with Gasteiger partial charge in [-0.25, -0.2) is 4.79 Å². The van der Waals surface area contributed by atoms with Gasteiger partial charge in [0.05, 0.1) is 6.54 Å². The van der Waals surface area contributed by atoms with Crippen molar-refractivity contribution >= 4 is 17.7 Å². The van der Waals surface area contributed by atoms with Gasteiger partial charge in [-0.05, 0) is 25.0 Å². The Morgan fingerprint density at radius 3 is 2.61 bits per heavy atom. The van der Waals surface area contributed by atoms with E-state index in [-0.39, 0.29) is 12.5 Å². The molecule has 0 spiro atoms. The topological polar surface area (TPSA) is 58.6 Å². The number of hydrogen-bond acceptors (Lipinski definition) is 3. The van der Waals surface area contributed by atoms with E-state index in [1.165, 1.54) is 4.90 Å². The number of hydrogen-bond donors (Lipinski definition) is 1. The minimum absolute atomic E-state index is 0.0343. The highest BCUT2D eigenvalue weighted by molar-refractivity contribution is 5.95. The maximum atomic E-state index is 11.9. The maximum Gasteiger partial charge on any atom is 0.410 e. The molecule has 0 saturated carbocycles. The van der Waals surface area contributed by atoms with Crippen molar-refractivity contribution in [1.82, 2.24) is 4.90 Å². The van der Waals surface area contributed by atoms with E-state index in [1.54, 1.807) is 0 Å². The van der Waals surface area contributed by atoms with Crippen LogP contribution in [0, 0.1) is 13.8 Å². The first-order valence-electron chi connectivity index (χ1n) is 5.85. The number of nitrogens with one attached hydrogen (secondary N) is 1. The molecule has 0 atom stereocenters. The molecule has 0 bridgehead atoms. The van der Waals surface area contributed by atoms with E-state index in [9.17, 15) is 9.59 Å². The molecule has 0 aromatic heterocycles. The van der Waals surface area contributed by atoms with Crippen molar-refractivity contribution in [3.05, 3.63) is 29.3 Å². The van der Waals surface area contributed by atoms with Crippen molar-refractivity contribution in [2.24, 2.45) is 0 Å². The van der Waals surface area contributed by atoms with E-state index in [2.05, 4.69) is 5.32 Å². The Balaban J connectivity index is 2.01. The van der Waals surface area contributed by atoms with Crippen molar-refractivity contribution in [2.75, 3.05) is 25.0 Å². The molecule has 1 saturated heterocycles. The van der Waals surface area contributed by atoms with E-state index in [1.807, 2.05) is 32.0 Å². The van der Waals surface area contributed by atoms with Gasteiger partial charge in [0.15, 0.2) is 0 Å². The third kappa shape index (κ3) is 2.61. The molecule has 0 aliphatic carbocycles. The third-order valence-corrected chi connectivity index (χ3v) is 2.92. The number of benzene rings is 1. The quantitative estimate of drug-likeness (QED) is 0.885. The lowest BCUT2D eigenvalue weighted by molar-refractivity contribution is -0.116. The molecular weight excluding hydrogens is 232 g/mol. The van der Waals surface area contributed by atoms with Crippen LogP contribution < -0.4 is 5.32 Å². The zero-order valence-corrected chi connectivity index (χ0v) is 10.5. The fourth-order valence-electron chi connectivity index (χ4n) is 1.93. The number of carbonyl (C=O) groups is 2. The summed E-state index contributed by atoms with van der Waals surface area (Å²) >= 11 is 0. The summed E-state index contributed by atoms with van der Waals surface area (Å²) in [5, 5.41) is 2.84. The predicted octanol–water partition coefficient (Wildman–Crippen LogP) is 1.69. The van der Waals surface area contributed by atoms with Crippen molar-refractivity contribution in [2.45, 2.75) is 13.8 Å². The molecule has 1 fully saturated rings. The highest BCUT2D eigenvalue weighted by Crippen LogP contribution is 2.19. The van der Waals surface area contributed by atoms with Gasteiger partial charge >= 0.3 is 6.09 Å². The molecule has 2 amide bonds. The monoisotopic (exact) mass is 248 g/mol. The average molecular weight is 248 g/mol. The van der Waals surface area contributed by atoms with Crippen LogP contribution in [0.1, 0.15) is 11.1 Å². The Labute approximate surface area is 106 Å². The van der Waals surface area contributed by atoms with Gasteiger partial charge in [-0.1, -0.05) is 18.2 Å². The minimum Gasteiger partial charge on any atom is -0.448 e. The van der Waals surface area contributed by atoms with Crippen LogP contribution in [0.25, 0.3) is 0 Å². The largest absolute Gasteiger partial charge is 0.448 e. The van der Waals surface area contributed by atoms with Gasteiger partial charge in [0.1, 0.15) is 13.2 Å². The van der Waals surface area contributed by atoms with E-state index in [0.717, 1.165) is 16.8 Å². The van der Waals surface area contributed by atoms with Crippen molar-refractivity contribution in [3.63, 3.8) is 0 Å². The summed E-state index contributed by atoms with van der Waals surface area (Å²) in [6.07, 6.45) is -0.424. The van der Waals surface area contributed by atoms with Gasteiger partial charge < -0.3 is 10.1 Å². The van der Waals surface area contributed by atoms with Crippen LogP contribution in [0.3, 0.4) is 0 Å². The van der Waals surface area contributed by atoms with Gasteiger partial charge in [-0.3, -0.25) is 9.69 Å². The smallest absolute Gasteiger partial charge is 0.410 e. The van der Waals surface area contributed by atoms with Crippen LogP contribution in [0.4, 0.5) is 10.5 Å². The molecule has 1 aliphatic heterocycles. The fourth-order valence-corrected chi connectivity index (χ4v) is 1.93. The Bertz CT molecular complexity index is 465. The van der Waals surface area contributed by atoms with Crippen LogP contribution in [-0.4, -0.2) is 36.6 Å². The highest BCUT2D eigenvalue weighted by Gasteiger charge is 2.24. The second-order valence-electron chi connectivity index (χ2n) is 4.35. The first-order valence-corrected chi connectivity index (χ1v) is 5.85. The van der Waals surface area contributed by atoms with Gasteiger partial charge in [-0.15, -0.1) is 0 Å². The Morgan fingerprint density at radius 2 is 2.06 bits per heavy atom. The lowest BCUT2D eigenvalue weighted by atomic mass is 10.1. The number of carbonyl (C=O) groups excluding carboxylic acids is 2. The van der Waals surface area contributed by atoms with E-state index in [4.69, 9.17) is 4.74 Å². The number of anilines is 1. The Kier molecular flexibility index (Phi) is 3.50. The molecule has 1 N–H and O–H groups in total. The number of para-hydroxylation sites is 1. The lowest BCUT2D eigenvalue weighted by Gasteiger charge is -2.15. The van der Waals surface area contributed by atoms with Gasteiger partial charge in [-0.2, -0.15) is 0 Å². The molecule has 1 heterocycles. The molecule has 1 aliphatic rings. The second-order valence-corrected chi connectivity index (χ2v) is 4.35. The summed E-state index contributed by atoms with van der Waals surface area (Å²) in [5.74, 6) is -0.203. The number of rotatable bonds is 3. The second kappa shape index (κ2) is 5.08. The van der Waals surface area contributed by atoms with Crippen molar-refractivity contribution in [3.8, 4) is 0 Å². The minimum atomic E-state index is -0.424. The Hall–Kier alpha value is -2.04.